The fourth-order valence-electron chi connectivity index (χ4n) is 2.61. The van der Waals surface area contributed by atoms with Gasteiger partial charge in [-0.1, -0.05) is 0 Å². The van der Waals surface area contributed by atoms with E-state index in [2.05, 4.69) is 20.5 Å². The number of nitrogens with zero attached hydrogens (tertiary/aromatic N) is 2. The lowest BCUT2D eigenvalue weighted by Gasteiger charge is -2.09. The minimum atomic E-state index is -0.706. The zero-order valence-electron chi connectivity index (χ0n) is 16.3. The van der Waals surface area contributed by atoms with Crippen molar-refractivity contribution in [1.82, 2.24) is 15.4 Å². The molecule has 0 saturated carbocycles. The van der Waals surface area contributed by atoms with Gasteiger partial charge < -0.3 is 14.5 Å². The number of halogens is 1. The van der Waals surface area contributed by atoms with Gasteiger partial charge in [0.15, 0.2) is 11.5 Å². The summed E-state index contributed by atoms with van der Waals surface area (Å²) in [5.41, 5.74) is 3.02. The van der Waals surface area contributed by atoms with E-state index in [1.165, 1.54) is 43.7 Å². The average molecular weight is 410 g/mol. The summed E-state index contributed by atoms with van der Waals surface area (Å²) in [7, 11) is 1.53. The van der Waals surface area contributed by atoms with E-state index in [4.69, 9.17) is 9.47 Å². The highest BCUT2D eigenvalue weighted by Gasteiger charge is 2.10. The number of carbonyl (C=O) groups is 1. The number of aromatic nitrogens is 2. The normalized spacial score (nSPS) is 10.8. The molecule has 9 heteroatoms. The van der Waals surface area contributed by atoms with E-state index >= 15 is 0 Å². The molecule has 2 aromatic carbocycles. The number of methoxy groups -OCH3 is 1. The summed E-state index contributed by atoms with van der Waals surface area (Å²) in [6.45, 7) is 2.37. The second-order valence-corrected chi connectivity index (χ2v) is 6.03. The van der Waals surface area contributed by atoms with Crippen LogP contribution >= 0.6 is 0 Å². The SMILES string of the molecule is CCOc1ccc(/C=N/NC(=O)c2cc(-c3ccc(F)cc3)nc(=O)[nH]2)cc1OC. The lowest BCUT2D eigenvalue weighted by atomic mass is 10.1. The number of rotatable bonds is 7. The molecule has 3 aromatic rings. The molecule has 0 aliphatic carbocycles. The number of H-pyrrole nitrogens is 1. The molecule has 154 valence electrons. The van der Waals surface area contributed by atoms with Crippen LogP contribution in [0.5, 0.6) is 11.5 Å². The van der Waals surface area contributed by atoms with Crippen molar-refractivity contribution in [1.29, 1.82) is 0 Å². The van der Waals surface area contributed by atoms with E-state index in [9.17, 15) is 14.0 Å². The first kappa shape index (κ1) is 20.7. The first-order chi connectivity index (χ1) is 14.5. The van der Waals surface area contributed by atoms with E-state index in [0.717, 1.165) is 0 Å². The van der Waals surface area contributed by atoms with E-state index < -0.39 is 17.4 Å². The molecule has 1 heterocycles. The molecule has 0 atom stereocenters. The summed E-state index contributed by atoms with van der Waals surface area (Å²) in [5, 5.41) is 3.90. The molecule has 0 bridgehead atoms. The van der Waals surface area contributed by atoms with Crippen LogP contribution < -0.4 is 20.6 Å². The Hall–Kier alpha value is -4.01. The number of carbonyl (C=O) groups excluding carboxylic acids is 1. The Labute approximate surface area is 171 Å². The Morgan fingerprint density at radius 1 is 1.20 bits per heavy atom. The summed E-state index contributed by atoms with van der Waals surface area (Å²) in [5.74, 6) is 0.0900. The Kier molecular flexibility index (Phi) is 6.53. The van der Waals surface area contributed by atoms with E-state index in [1.54, 1.807) is 18.2 Å². The van der Waals surface area contributed by atoms with Crippen LogP contribution in [0.25, 0.3) is 11.3 Å². The molecule has 3 rings (SSSR count). The molecule has 8 nitrogen and oxygen atoms in total. The maximum atomic E-state index is 13.1. The lowest BCUT2D eigenvalue weighted by Crippen LogP contribution is -2.24. The molecule has 1 aromatic heterocycles. The first-order valence-electron chi connectivity index (χ1n) is 9.01. The largest absolute Gasteiger partial charge is 0.493 e. The quantitative estimate of drug-likeness (QED) is 0.460. The molecule has 0 radical (unpaired) electrons. The lowest BCUT2D eigenvalue weighted by molar-refractivity contribution is 0.0949. The van der Waals surface area contributed by atoms with Crippen LogP contribution in [0, 0.1) is 5.82 Å². The minimum Gasteiger partial charge on any atom is -0.493 e. The number of hydrazone groups is 1. The third-order valence-electron chi connectivity index (χ3n) is 4.00. The van der Waals surface area contributed by atoms with E-state index in [0.29, 0.717) is 29.2 Å². The molecule has 1 amide bonds. The standard InChI is InChI=1S/C21H19FN4O4/c1-3-30-18-9-4-13(10-19(18)29-2)12-23-26-20(27)17-11-16(24-21(28)25-17)14-5-7-15(22)8-6-14/h4-12H,3H2,1-2H3,(H,26,27)(H,24,25,28)/b23-12+. The van der Waals surface area contributed by atoms with Gasteiger partial charge >= 0.3 is 5.69 Å². The number of hydrogen-bond acceptors (Lipinski definition) is 6. The smallest absolute Gasteiger partial charge is 0.346 e. The number of ether oxygens (including phenoxy) is 2. The van der Waals surface area contributed by atoms with E-state index in [-0.39, 0.29) is 11.4 Å². The Balaban J connectivity index is 1.75. The monoisotopic (exact) mass is 410 g/mol. The van der Waals surface area contributed by atoms with Crippen molar-refractivity contribution in [3.8, 4) is 22.8 Å². The molecular weight excluding hydrogens is 391 g/mol. The summed E-state index contributed by atoms with van der Waals surface area (Å²) in [6, 6.07) is 12.0. The Morgan fingerprint density at radius 3 is 2.67 bits per heavy atom. The summed E-state index contributed by atoms with van der Waals surface area (Å²) < 4.78 is 23.8. The molecule has 0 aliphatic heterocycles. The number of benzene rings is 2. The highest BCUT2D eigenvalue weighted by Crippen LogP contribution is 2.27. The Bertz CT molecular complexity index is 1130. The van der Waals surface area contributed by atoms with Gasteiger partial charge in [-0.05, 0) is 61.0 Å². The number of amides is 1. The van der Waals surface area contributed by atoms with Crippen LogP contribution in [0.3, 0.4) is 0 Å². The van der Waals surface area contributed by atoms with Gasteiger partial charge in [0, 0.05) is 5.56 Å². The minimum absolute atomic E-state index is 0.0317. The fraction of sp³-hybridized carbons (Fsp3) is 0.143. The van der Waals surface area contributed by atoms with Gasteiger partial charge in [-0.3, -0.25) is 4.79 Å². The molecule has 2 N–H and O–H groups in total. The van der Waals surface area contributed by atoms with Gasteiger partial charge in [0.05, 0.1) is 25.6 Å². The van der Waals surface area contributed by atoms with Crippen molar-refractivity contribution in [2.24, 2.45) is 5.10 Å². The van der Waals surface area contributed by atoms with Crippen molar-refractivity contribution >= 4 is 12.1 Å². The van der Waals surface area contributed by atoms with Gasteiger partial charge in [-0.15, -0.1) is 0 Å². The van der Waals surface area contributed by atoms with Crippen molar-refractivity contribution in [3.63, 3.8) is 0 Å². The van der Waals surface area contributed by atoms with Gasteiger partial charge in [-0.2, -0.15) is 10.1 Å². The third kappa shape index (κ3) is 5.07. The summed E-state index contributed by atoms with van der Waals surface area (Å²) >= 11 is 0. The van der Waals surface area contributed by atoms with Crippen LogP contribution in [0.15, 0.2) is 58.4 Å². The number of hydrogen-bond donors (Lipinski definition) is 2. The second kappa shape index (κ2) is 9.46. The van der Waals surface area contributed by atoms with Crippen molar-refractivity contribution < 1.29 is 18.7 Å². The van der Waals surface area contributed by atoms with Gasteiger partial charge in [0.25, 0.3) is 5.91 Å². The van der Waals surface area contributed by atoms with E-state index in [1.807, 2.05) is 6.92 Å². The number of nitrogens with one attached hydrogen (secondary N) is 2. The van der Waals surface area contributed by atoms with Crippen LogP contribution in [-0.2, 0) is 0 Å². The molecule has 0 fully saturated rings. The van der Waals surface area contributed by atoms with Gasteiger partial charge in [-0.25, -0.2) is 14.6 Å². The van der Waals surface area contributed by atoms with Crippen LogP contribution in [0.2, 0.25) is 0 Å². The molecule has 0 unspecified atom stereocenters. The fourth-order valence-corrected chi connectivity index (χ4v) is 2.61. The van der Waals surface area contributed by atoms with Gasteiger partial charge in [0.2, 0.25) is 0 Å². The van der Waals surface area contributed by atoms with Crippen molar-refractivity contribution in [3.05, 3.63) is 76.1 Å². The van der Waals surface area contributed by atoms with Crippen LogP contribution in [-0.4, -0.2) is 35.8 Å². The molecule has 0 aliphatic rings. The first-order valence-corrected chi connectivity index (χ1v) is 9.01. The molecule has 0 saturated heterocycles. The third-order valence-corrected chi connectivity index (χ3v) is 4.00. The zero-order valence-corrected chi connectivity index (χ0v) is 16.3. The van der Waals surface area contributed by atoms with Gasteiger partial charge in [0.1, 0.15) is 11.5 Å². The van der Waals surface area contributed by atoms with Crippen molar-refractivity contribution in [2.45, 2.75) is 6.92 Å². The van der Waals surface area contributed by atoms with Crippen LogP contribution in [0.4, 0.5) is 4.39 Å². The average Bonchev–Trinajstić information content (AvgIpc) is 2.74. The molecule has 30 heavy (non-hydrogen) atoms. The highest BCUT2D eigenvalue weighted by atomic mass is 19.1. The summed E-state index contributed by atoms with van der Waals surface area (Å²) in [6.07, 6.45) is 1.43. The number of aromatic amines is 1. The summed E-state index contributed by atoms with van der Waals surface area (Å²) in [4.78, 5) is 30.3. The highest BCUT2D eigenvalue weighted by molar-refractivity contribution is 5.94. The second-order valence-electron chi connectivity index (χ2n) is 6.03. The van der Waals surface area contributed by atoms with Crippen LogP contribution in [0.1, 0.15) is 23.0 Å². The molecular formula is C21H19FN4O4. The predicted molar refractivity (Wildman–Crippen MR) is 109 cm³/mol. The predicted octanol–water partition coefficient (Wildman–Crippen LogP) is 2.75. The maximum absolute atomic E-state index is 13.1. The Morgan fingerprint density at radius 2 is 1.97 bits per heavy atom. The topological polar surface area (TPSA) is 106 Å². The molecule has 0 spiro atoms. The maximum Gasteiger partial charge on any atom is 0.346 e. The van der Waals surface area contributed by atoms with Crippen molar-refractivity contribution in [2.75, 3.05) is 13.7 Å². The zero-order chi connectivity index (χ0) is 21.5.